The summed E-state index contributed by atoms with van der Waals surface area (Å²) in [4.78, 5) is 15.1. The average molecular weight is 271 g/mol. The maximum absolute atomic E-state index is 13.1. The fourth-order valence-corrected chi connectivity index (χ4v) is 1.48. The van der Waals surface area contributed by atoms with E-state index in [0.29, 0.717) is 12.1 Å². The van der Waals surface area contributed by atoms with Gasteiger partial charge in [0.05, 0.1) is 6.61 Å². The van der Waals surface area contributed by atoms with Crippen LogP contribution in [0.3, 0.4) is 0 Å². The molecule has 0 bridgehead atoms. The molecule has 0 spiro atoms. The van der Waals surface area contributed by atoms with Crippen LogP contribution in [0, 0.1) is 17.5 Å². The predicted octanol–water partition coefficient (Wildman–Crippen LogP) is 2.94. The van der Waals surface area contributed by atoms with Gasteiger partial charge in [-0.3, -0.25) is 0 Å². The van der Waals surface area contributed by atoms with Crippen LogP contribution < -0.4 is 0 Å². The van der Waals surface area contributed by atoms with Crippen molar-refractivity contribution >= 4 is 5.97 Å². The minimum absolute atomic E-state index is 0.108. The molecule has 0 saturated carbocycles. The Morgan fingerprint density at radius 1 is 1.32 bits per heavy atom. The van der Waals surface area contributed by atoms with Crippen molar-refractivity contribution in [3.8, 4) is 11.3 Å². The summed E-state index contributed by atoms with van der Waals surface area (Å²) in [7, 11) is 0. The van der Waals surface area contributed by atoms with Gasteiger partial charge in [-0.15, -0.1) is 0 Å². The SMILES string of the molecule is CCOC(=O)c1ncoc1-c1cc(F)c(F)c(F)c1. The van der Waals surface area contributed by atoms with Gasteiger partial charge in [0, 0.05) is 5.56 Å². The summed E-state index contributed by atoms with van der Waals surface area (Å²) < 4.78 is 48.7. The molecule has 0 radical (unpaired) electrons. The molecule has 0 fully saturated rings. The van der Waals surface area contributed by atoms with E-state index in [4.69, 9.17) is 9.15 Å². The molecule has 2 aromatic rings. The summed E-state index contributed by atoms with van der Waals surface area (Å²) in [5, 5.41) is 0. The lowest BCUT2D eigenvalue weighted by Gasteiger charge is -2.03. The molecule has 1 aromatic heterocycles. The summed E-state index contributed by atoms with van der Waals surface area (Å²) in [6.45, 7) is 1.70. The molecular weight excluding hydrogens is 263 g/mol. The first-order valence-corrected chi connectivity index (χ1v) is 5.30. The van der Waals surface area contributed by atoms with Gasteiger partial charge in [0.2, 0.25) is 0 Å². The van der Waals surface area contributed by atoms with Crippen molar-refractivity contribution in [1.82, 2.24) is 4.98 Å². The highest BCUT2D eigenvalue weighted by Gasteiger charge is 2.22. The number of benzene rings is 1. The van der Waals surface area contributed by atoms with Gasteiger partial charge in [0.25, 0.3) is 0 Å². The number of halogens is 3. The molecular formula is C12H8F3NO3. The molecule has 1 heterocycles. The van der Waals surface area contributed by atoms with E-state index in [0.717, 1.165) is 6.39 Å². The van der Waals surface area contributed by atoms with Crippen molar-refractivity contribution in [1.29, 1.82) is 0 Å². The Morgan fingerprint density at radius 3 is 2.53 bits per heavy atom. The van der Waals surface area contributed by atoms with E-state index in [1.165, 1.54) is 0 Å². The fourth-order valence-electron chi connectivity index (χ4n) is 1.48. The highest BCUT2D eigenvalue weighted by Crippen LogP contribution is 2.26. The quantitative estimate of drug-likeness (QED) is 0.636. The van der Waals surface area contributed by atoms with Gasteiger partial charge in [0.15, 0.2) is 35.3 Å². The summed E-state index contributed by atoms with van der Waals surface area (Å²) in [6.07, 6.45) is 0.931. The van der Waals surface area contributed by atoms with Crippen LogP contribution in [0.15, 0.2) is 22.9 Å². The van der Waals surface area contributed by atoms with Crippen LogP contribution in [0.2, 0.25) is 0 Å². The van der Waals surface area contributed by atoms with Gasteiger partial charge in [-0.05, 0) is 19.1 Å². The third kappa shape index (κ3) is 2.44. The molecule has 4 nitrogen and oxygen atoms in total. The van der Waals surface area contributed by atoms with Crippen LogP contribution in [0.1, 0.15) is 17.4 Å². The van der Waals surface area contributed by atoms with E-state index >= 15 is 0 Å². The monoisotopic (exact) mass is 271 g/mol. The number of hydrogen-bond acceptors (Lipinski definition) is 4. The Labute approximate surface area is 105 Å². The van der Waals surface area contributed by atoms with Crippen molar-refractivity contribution in [3.05, 3.63) is 41.7 Å². The van der Waals surface area contributed by atoms with Gasteiger partial charge in [-0.25, -0.2) is 22.9 Å². The van der Waals surface area contributed by atoms with Crippen molar-refractivity contribution in [2.75, 3.05) is 6.61 Å². The van der Waals surface area contributed by atoms with Crippen LogP contribution in [-0.2, 0) is 4.74 Å². The minimum atomic E-state index is -1.60. The molecule has 0 aliphatic rings. The second kappa shape index (κ2) is 5.13. The van der Waals surface area contributed by atoms with E-state index in [1.807, 2.05) is 0 Å². The lowest BCUT2D eigenvalue weighted by molar-refractivity contribution is 0.0520. The van der Waals surface area contributed by atoms with Crippen LogP contribution >= 0.6 is 0 Å². The first kappa shape index (κ1) is 13.1. The number of hydrogen-bond donors (Lipinski definition) is 0. The Kier molecular flexibility index (Phi) is 3.55. The van der Waals surface area contributed by atoms with Crippen molar-refractivity contribution in [2.24, 2.45) is 0 Å². The smallest absolute Gasteiger partial charge is 0.360 e. The standard InChI is InChI=1S/C12H8F3NO3/c1-2-18-12(17)10-11(19-5-16-10)6-3-7(13)9(15)8(14)4-6/h3-5H,2H2,1H3. The number of oxazole rings is 1. The molecule has 0 saturated heterocycles. The van der Waals surface area contributed by atoms with E-state index in [2.05, 4.69) is 4.98 Å². The number of carbonyl (C=O) groups is 1. The molecule has 0 N–H and O–H groups in total. The second-order valence-corrected chi connectivity index (χ2v) is 3.50. The Morgan fingerprint density at radius 2 is 1.95 bits per heavy atom. The summed E-state index contributed by atoms with van der Waals surface area (Å²) in [5.41, 5.74) is -0.371. The normalized spacial score (nSPS) is 10.5. The van der Waals surface area contributed by atoms with Crippen LogP contribution in [0.5, 0.6) is 0 Å². The molecule has 0 aliphatic carbocycles. The third-order valence-corrected chi connectivity index (χ3v) is 2.28. The fraction of sp³-hybridized carbons (Fsp3) is 0.167. The lowest BCUT2D eigenvalue weighted by Crippen LogP contribution is -2.06. The number of carbonyl (C=O) groups excluding carboxylic acids is 1. The molecule has 7 heteroatoms. The van der Waals surface area contributed by atoms with Crippen LogP contribution in [0.25, 0.3) is 11.3 Å². The lowest BCUT2D eigenvalue weighted by atomic mass is 10.1. The molecule has 0 atom stereocenters. The minimum Gasteiger partial charge on any atom is -0.461 e. The van der Waals surface area contributed by atoms with Crippen LogP contribution in [0.4, 0.5) is 13.2 Å². The molecule has 1 aromatic carbocycles. The highest BCUT2D eigenvalue weighted by molar-refractivity contribution is 5.93. The van der Waals surface area contributed by atoms with Crippen molar-refractivity contribution < 1.29 is 27.1 Å². The second-order valence-electron chi connectivity index (χ2n) is 3.50. The molecule has 100 valence electrons. The predicted molar refractivity (Wildman–Crippen MR) is 57.8 cm³/mol. The van der Waals surface area contributed by atoms with Gasteiger partial charge in [-0.1, -0.05) is 0 Å². The number of aromatic nitrogens is 1. The number of esters is 1. The number of nitrogens with zero attached hydrogens (tertiary/aromatic N) is 1. The van der Waals surface area contributed by atoms with Crippen LogP contribution in [-0.4, -0.2) is 17.6 Å². The molecule has 0 unspecified atom stereocenters. The largest absolute Gasteiger partial charge is 0.461 e. The number of rotatable bonds is 3. The summed E-state index contributed by atoms with van der Waals surface area (Å²) in [5.74, 6) is -5.35. The first-order chi connectivity index (χ1) is 9.04. The van der Waals surface area contributed by atoms with E-state index in [9.17, 15) is 18.0 Å². The van der Waals surface area contributed by atoms with Gasteiger partial charge in [-0.2, -0.15) is 0 Å². The molecule has 0 aliphatic heterocycles. The zero-order valence-electron chi connectivity index (χ0n) is 9.75. The molecule has 19 heavy (non-hydrogen) atoms. The van der Waals surface area contributed by atoms with Crippen molar-refractivity contribution in [3.63, 3.8) is 0 Å². The zero-order chi connectivity index (χ0) is 14.0. The summed E-state index contributed by atoms with van der Waals surface area (Å²) >= 11 is 0. The average Bonchev–Trinajstić information content (AvgIpc) is 2.84. The Hall–Kier alpha value is -2.31. The Bertz CT molecular complexity index is 601. The van der Waals surface area contributed by atoms with E-state index in [-0.39, 0.29) is 23.6 Å². The maximum atomic E-state index is 13.1. The third-order valence-electron chi connectivity index (χ3n) is 2.28. The molecule has 2 rings (SSSR count). The van der Waals surface area contributed by atoms with Gasteiger partial charge >= 0.3 is 5.97 Å². The van der Waals surface area contributed by atoms with Crippen molar-refractivity contribution in [2.45, 2.75) is 6.92 Å². The maximum Gasteiger partial charge on any atom is 0.360 e. The zero-order valence-corrected chi connectivity index (χ0v) is 9.75. The van der Waals surface area contributed by atoms with Gasteiger partial charge < -0.3 is 9.15 Å². The Balaban J connectivity index is 2.49. The van der Waals surface area contributed by atoms with Gasteiger partial charge in [0.1, 0.15) is 0 Å². The van der Waals surface area contributed by atoms with E-state index < -0.39 is 23.4 Å². The summed E-state index contributed by atoms with van der Waals surface area (Å²) in [6, 6.07) is 1.42. The molecule has 0 amide bonds. The highest BCUT2D eigenvalue weighted by atomic mass is 19.2. The first-order valence-electron chi connectivity index (χ1n) is 5.30. The number of ether oxygens (including phenoxy) is 1. The topological polar surface area (TPSA) is 52.3 Å². The van der Waals surface area contributed by atoms with E-state index in [1.54, 1.807) is 6.92 Å².